The van der Waals surface area contributed by atoms with Crippen LogP contribution in [0.1, 0.15) is 76.8 Å². The van der Waals surface area contributed by atoms with Crippen molar-refractivity contribution in [1.82, 2.24) is 5.32 Å². The van der Waals surface area contributed by atoms with Crippen molar-refractivity contribution < 1.29 is 0 Å². The second-order valence-electron chi connectivity index (χ2n) is 5.82. The smallest absolute Gasteiger partial charge is 0.0595 e. The number of benzene rings is 1. The van der Waals surface area contributed by atoms with Gasteiger partial charge < -0.3 is 5.32 Å². The van der Waals surface area contributed by atoms with Crippen LogP contribution < -0.4 is 5.32 Å². The summed E-state index contributed by atoms with van der Waals surface area (Å²) in [5.41, 5.74) is 1.20. The van der Waals surface area contributed by atoms with Gasteiger partial charge in [0.15, 0.2) is 0 Å². The van der Waals surface area contributed by atoms with Crippen LogP contribution >= 0.6 is 23.2 Å². The summed E-state index contributed by atoms with van der Waals surface area (Å²) in [4.78, 5) is 0. The van der Waals surface area contributed by atoms with E-state index in [1.165, 1.54) is 56.9 Å². The van der Waals surface area contributed by atoms with Crippen molar-refractivity contribution in [2.75, 3.05) is 6.54 Å². The van der Waals surface area contributed by atoms with Gasteiger partial charge in [-0.25, -0.2) is 0 Å². The van der Waals surface area contributed by atoms with Gasteiger partial charge in [0.05, 0.1) is 10.0 Å². The van der Waals surface area contributed by atoms with Gasteiger partial charge in [-0.05, 0) is 37.6 Å². The Balaban J connectivity index is 2.08. The molecule has 1 aromatic rings. The molecule has 0 saturated carbocycles. The number of unbranched alkanes of at least 4 members (excludes halogenated alkanes) is 7. The Kier molecular flexibility index (Phi) is 10.2. The van der Waals surface area contributed by atoms with Crippen LogP contribution in [0.25, 0.3) is 0 Å². The quantitative estimate of drug-likeness (QED) is 0.441. The van der Waals surface area contributed by atoms with Crippen LogP contribution in [0.15, 0.2) is 18.2 Å². The molecule has 0 bridgehead atoms. The van der Waals surface area contributed by atoms with Gasteiger partial charge >= 0.3 is 0 Å². The fraction of sp³-hybridized carbons (Fsp3) is 0.667. The van der Waals surface area contributed by atoms with E-state index in [1.807, 2.05) is 18.2 Å². The lowest BCUT2D eigenvalue weighted by molar-refractivity contribution is 0.521. The summed E-state index contributed by atoms with van der Waals surface area (Å²) >= 11 is 12.0. The SMILES string of the molecule is CCCCCCCCCCNC(C)c1ccc(Cl)c(Cl)c1. The van der Waals surface area contributed by atoms with Gasteiger partial charge in [0.1, 0.15) is 0 Å². The summed E-state index contributed by atoms with van der Waals surface area (Å²) in [6.07, 6.45) is 10.9. The van der Waals surface area contributed by atoms with Crippen molar-refractivity contribution in [1.29, 1.82) is 0 Å². The van der Waals surface area contributed by atoms with E-state index in [1.54, 1.807) is 0 Å². The van der Waals surface area contributed by atoms with Crippen molar-refractivity contribution >= 4 is 23.2 Å². The monoisotopic (exact) mass is 329 g/mol. The minimum absolute atomic E-state index is 0.323. The minimum Gasteiger partial charge on any atom is -0.310 e. The summed E-state index contributed by atoms with van der Waals surface area (Å²) in [5, 5.41) is 4.81. The molecule has 0 aromatic heterocycles. The zero-order valence-corrected chi connectivity index (χ0v) is 14.9. The van der Waals surface area contributed by atoms with Crippen LogP contribution in [0.2, 0.25) is 10.0 Å². The molecule has 1 rings (SSSR count). The lowest BCUT2D eigenvalue weighted by atomic mass is 10.1. The second kappa shape index (κ2) is 11.3. The van der Waals surface area contributed by atoms with Crippen LogP contribution in [0, 0.1) is 0 Å². The van der Waals surface area contributed by atoms with Crippen LogP contribution in [0.5, 0.6) is 0 Å². The Morgan fingerprint density at radius 1 is 0.905 bits per heavy atom. The molecule has 0 aliphatic carbocycles. The number of nitrogens with one attached hydrogen (secondary N) is 1. The molecule has 1 unspecified atom stereocenters. The summed E-state index contributed by atoms with van der Waals surface area (Å²) in [5.74, 6) is 0. The number of halogens is 2. The molecule has 0 radical (unpaired) electrons. The largest absolute Gasteiger partial charge is 0.310 e. The molecule has 21 heavy (non-hydrogen) atoms. The van der Waals surface area contributed by atoms with Crippen LogP contribution in [0.4, 0.5) is 0 Å². The highest BCUT2D eigenvalue weighted by atomic mass is 35.5. The first kappa shape index (κ1) is 18.8. The highest BCUT2D eigenvalue weighted by molar-refractivity contribution is 6.42. The van der Waals surface area contributed by atoms with E-state index in [0.29, 0.717) is 16.1 Å². The van der Waals surface area contributed by atoms with E-state index in [-0.39, 0.29) is 0 Å². The Bertz CT molecular complexity index is 393. The third-order valence-electron chi connectivity index (χ3n) is 3.92. The fourth-order valence-electron chi connectivity index (χ4n) is 2.48. The van der Waals surface area contributed by atoms with Crippen molar-refractivity contribution in [3.63, 3.8) is 0 Å². The number of rotatable bonds is 11. The van der Waals surface area contributed by atoms with Gasteiger partial charge in [-0.1, -0.05) is 81.1 Å². The molecule has 120 valence electrons. The van der Waals surface area contributed by atoms with Crippen molar-refractivity contribution in [2.45, 2.75) is 71.3 Å². The van der Waals surface area contributed by atoms with Crippen LogP contribution in [0.3, 0.4) is 0 Å². The summed E-state index contributed by atoms with van der Waals surface area (Å²) < 4.78 is 0. The molecule has 0 aliphatic heterocycles. The van der Waals surface area contributed by atoms with Crippen LogP contribution in [-0.4, -0.2) is 6.54 Å². The molecule has 1 atom stereocenters. The van der Waals surface area contributed by atoms with Gasteiger partial charge in [0, 0.05) is 6.04 Å². The lowest BCUT2D eigenvalue weighted by Crippen LogP contribution is -2.19. The summed E-state index contributed by atoms with van der Waals surface area (Å²) in [6.45, 7) is 5.50. The topological polar surface area (TPSA) is 12.0 Å². The third-order valence-corrected chi connectivity index (χ3v) is 4.66. The van der Waals surface area contributed by atoms with Crippen LogP contribution in [-0.2, 0) is 0 Å². The first-order chi connectivity index (χ1) is 10.1. The lowest BCUT2D eigenvalue weighted by Gasteiger charge is -2.15. The number of hydrogen-bond donors (Lipinski definition) is 1. The molecule has 0 fully saturated rings. The highest BCUT2D eigenvalue weighted by Crippen LogP contribution is 2.25. The molecule has 0 spiro atoms. The standard InChI is InChI=1S/C18H29Cl2N/c1-3-4-5-6-7-8-9-10-13-21-15(2)16-11-12-17(19)18(20)14-16/h11-12,14-15,21H,3-10,13H2,1-2H3. The Labute approximate surface area is 140 Å². The maximum absolute atomic E-state index is 6.05. The average Bonchev–Trinajstić information content (AvgIpc) is 2.48. The Morgan fingerprint density at radius 2 is 1.52 bits per heavy atom. The maximum atomic E-state index is 6.05. The van der Waals surface area contributed by atoms with Crippen molar-refractivity contribution in [3.05, 3.63) is 33.8 Å². The molecule has 1 aromatic carbocycles. The molecular formula is C18H29Cl2N. The molecule has 3 heteroatoms. The molecule has 0 saturated heterocycles. The van der Waals surface area contributed by atoms with Gasteiger partial charge in [-0.3, -0.25) is 0 Å². The first-order valence-corrected chi connectivity index (χ1v) is 9.09. The van der Waals surface area contributed by atoms with E-state index >= 15 is 0 Å². The Morgan fingerprint density at radius 3 is 2.14 bits per heavy atom. The first-order valence-electron chi connectivity index (χ1n) is 8.33. The van der Waals surface area contributed by atoms with Crippen molar-refractivity contribution in [2.24, 2.45) is 0 Å². The van der Waals surface area contributed by atoms with Gasteiger partial charge in [-0.15, -0.1) is 0 Å². The van der Waals surface area contributed by atoms with E-state index in [9.17, 15) is 0 Å². The van der Waals surface area contributed by atoms with E-state index in [0.717, 1.165) is 6.54 Å². The van der Waals surface area contributed by atoms with E-state index < -0.39 is 0 Å². The number of hydrogen-bond acceptors (Lipinski definition) is 1. The molecule has 0 amide bonds. The normalized spacial score (nSPS) is 12.6. The van der Waals surface area contributed by atoms with E-state index in [4.69, 9.17) is 23.2 Å². The maximum Gasteiger partial charge on any atom is 0.0595 e. The van der Waals surface area contributed by atoms with Crippen molar-refractivity contribution in [3.8, 4) is 0 Å². The third kappa shape index (κ3) is 8.09. The van der Waals surface area contributed by atoms with Gasteiger partial charge in [0.25, 0.3) is 0 Å². The molecular weight excluding hydrogens is 301 g/mol. The molecule has 1 nitrogen and oxygen atoms in total. The summed E-state index contributed by atoms with van der Waals surface area (Å²) in [6, 6.07) is 6.19. The Hall–Kier alpha value is -0.240. The summed E-state index contributed by atoms with van der Waals surface area (Å²) in [7, 11) is 0. The van der Waals surface area contributed by atoms with Gasteiger partial charge in [0.2, 0.25) is 0 Å². The minimum atomic E-state index is 0.323. The predicted molar refractivity (Wildman–Crippen MR) is 95.5 cm³/mol. The fourth-order valence-corrected chi connectivity index (χ4v) is 2.78. The average molecular weight is 330 g/mol. The zero-order valence-electron chi connectivity index (χ0n) is 13.4. The second-order valence-corrected chi connectivity index (χ2v) is 6.64. The predicted octanol–water partition coefficient (Wildman–Crippen LogP) is 6.78. The zero-order chi connectivity index (χ0) is 15.5. The molecule has 1 N–H and O–H groups in total. The molecule has 0 aliphatic rings. The van der Waals surface area contributed by atoms with Gasteiger partial charge in [-0.2, -0.15) is 0 Å². The highest BCUT2D eigenvalue weighted by Gasteiger charge is 2.06. The molecule has 0 heterocycles. The van der Waals surface area contributed by atoms with E-state index in [2.05, 4.69) is 19.2 Å².